The van der Waals surface area contributed by atoms with Crippen molar-refractivity contribution in [3.05, 3.63) is 53.5 Å². The van der Waals surface area contributed by atoms with Crippen molar-refractivity contribution in [2.24, 2.45) is 5.92 Å². The molecular formula is C18H21NO5. The first-order valence-electron chi connectivity index (χ1n) is 7.68. The molecule has 1 aromatic heterocycles. The fraction of sp³-hybridized carbons (Fsp3) is 0.333. The van der Waals surface area contributed by atoms with E-state index in [2.05, 4.69) is 5.32 Å². The molecule has 6 nitrogen and oxygen atoms in total. The van der Waals surface area contributed by atoms with Crippen LogP contribution in [0.2, 0.25) is 0 Å². The summed E-state index contributed by atoms with van der Waals surface area (Å²) >= 11 is 0. The van der Waals surface area contributed by atoms with Crippen molar-refractivity contribution in [3.63, 3.8) is 0 Å². The number of carbonyl (C=O) groups is 2. The molecule has 0 spiro atoms. The van der Waals surface area contributed by atoms with Crippen molar-refractivity contribution < 1.29 is 23.8 Å². The number of rotatable bonds is 7. The molecule has 0 aliphatic heterocycles. The van der Waals surface area contributed by atoms with Crippen LogP contribution in [0.1, 0.15) is 40.5 Å². The Morgan fingerprint density at radius 1 is 1.17 bits per heavy atom. The van der Waals surface area contributed by atoms with E-state index in [1.54, 1.807) is 7.11 Å². The van der Waals surface area contributed by atoms with Gasteiger partial charge in [0.2, 0.25) is 5.76 Å². The standard InChI is InChI=1S/C18H21NO5/c1-11(2)13(10-12-6-4-5-7-14(12)23-3)19-17(20)15-8-9-16(24-15)18(21)22/h4-9,11,13H,10H2,1-3H3,(H,19,20)(H,21,22). The third-order valence-corrected chi connectivity index (χ3v) is 3.79. The molecule has 0 saturated heterocycles. The van der Waals surface area contributed by atoms with Crippen molar-refractivity contribution in [1.29, 1.82) is 0 Å². The van der Waals surface area contributed by atoms with Crippen LogP contribution in [0.3, 0.4) is 0 Å². The smallest absolute Gasteiger partial charge is 0.371 e. The Morgan fingerprint density at radius 3 is 2.42 bits per heavy atom. The number of methoxy groups -OCH3 is 1. The summed E-state index contributed by atoms with van der Waals surface area (Å²) in [6.45, 7) is 4.01. The summed E-state index contributed by atoms with van der Waals surface area (Å²) in [5.41, 5.74) is 0.990. The lowest BCUT2D eigenvalue weighted by Crippen LogP contribution is -2.40. The normalized spacial score (nSPS) is 12.0. The Hall–Kier alpha value is -2.76. The maximum absolute atomic E-state index is 12.3. The van der Waals surface area contributed by atoms with Gasteiger partial charge in [-0.1, -0.05) is 32.0 Å². The fourth-order valence-corrected chi connectivity index (χ4v) is 2.38. The van der Waals surface area contributed by atoms with Crippen molar-refractivity contribution in [1.82, 2.24) is 5.32 Å². The van der Waals surface area contributed by atoms with E-state index in [0.29, 0.717) is 6.42 Å². The van der Waals surface area contributed by atoms with Crippen LogP contribution < -0.4 is 10.1 Å². The maximum Gasteiger partial charge on any atom is 0.371 e. The Balaban J connectivity index is 2.13. The number of furan rings is 1. The number of carboxylic acid groups (broad SMARTS) is 1. The highest BCUT2D eigenvalue weighted by atomic mass is 16.5. The van der Waals surface area contributed by atoms with Gasteiger partial charge in [-0.3, -0.25) is 4.79 Å². The summed E-state index contributed by atoms with van der Waals surface area (Å²) in [5, 5.41) is 11.8. The van der Waals surface area contributed by atoms with Crippen molar-refractivity contribution in [2.45, 2.75) is 26.3 Å². The zero-order valence-electron chi connectivity index (χ0n) is 13.9. The first-order valence-corrected chi connectivity index (χ1v) is 7.68. The predicted molar refractivity (Wildman–Crippen MR) is 88.5 cm³/mol. The molecule has 1 amide bonds. The van der Waals surface area contributed by atoms with Crippen LogP contribution in [0.5, 0.6) is 5.75 Å². The van der Waals surface area contributed by atoms with Crippen LogP contribution in [-0.4, -0.2) is 30.1 Å². The lowest BCUT2D eigenvalue weighted by atomic mass is 9.95. The molecule has 0 fully saturated rings. The van der Waals surface area contributed by atoms with E-state index >= 15 is 0 Å². The minimum absolute atomic E-state index is 0.0157. The largest absolute Gasteiger partial charge is 0.496 e. The second-order valence-corrected chi connectivity index (χ2v) is 5.81. The number of ether oxygens (including phenoxy) is 1. The molecule has 2 rings (SSSR count). The van der Waals surface area contributed by atoms with Gasteiger partial charge in [-0.05, 0) is 36.1 Å². The summed E-state index contributed by atoms with van der Waals surface area (Å²) in [6.07, 6.45) is 0.597. The highest BCUT2D eigenvalue weighted by Gasteiger charge is 2.22. The molecular weight excluding hydrogens is 310 g/mol. The molecule has 2 aromatic rings. The van der Waals surface area contributed by atoms with Gasteiger partial charge in [0.15, 0.2) is 5.76 Å². The van der Waals surface area contributed by atoms with Gasteiger partial charge in [-0.2, -0.15) is 0 Å². The van der Waals surface area contributed by atoms with Gasteiger partial charge >= 0.3 is 5.97 Å². The zero-order valence-corrected chi connectivity index (χ0v) is 13.9. The van der Waals surface area contributed by atoms with E-state index in [4.69, 9.17) is 14.3 Å². The van der Waals surface area contributed by atoms with Gasteiger partial charge < -0.3 is 19.6 Å². The van der Waals surface area contributed by atoms with Crippen molar-refractivity contribution in [2.75, 3.05) is 7.11 Å². The van der Waals surface area contributed by atoms with Crippen LogP contribution in [0.4, 0.5) is 0 Å². The minimum atomic E-state index is -1.21. The van der Waals surface area contributed by atoms with Crippen LogP contribution in [0, 0.1) is 5.92 Å². The molecule has 6 heteroatoms. The second kappa shape index (κ2) is 7.68. The van der Waals surface area contributed by atoms with Crippen LogP contribution in [-0.2, 0) is 6.42 Å². The monoisotopic (exact) mass is 331 g/mol. The fourth-order valence-electron chi connectivity index (χ4n) is 2.38. The summed E-state index contributed by atoms with van der Waals surface area (Å²) < 4.78 is 10.4. The lowest BCUT2D eigenvalue weighted by Gasteiger charge is -2.23. The number of carboxylic acids is 1. The van der Waals surface area contributed by atoms with Crippen LogP contribution in [0.25, 0.3) is 0 Å². The quantitative estimate of drug-likeness (QED) is 0.814. The summed E-state index contributed by atoms with van der Waals surface area (Å²) in [7, 11) is 1.61. The number of aromatic carboxylic acids is 1. The summed E-state index contributed by atoms with van der Waals surface area (Å²) in [6, 6.07) is 10.1. The van der Waals surface area contributed by atoms with E-state index < -0.39 is 11.9 Å². The lowest BCUT2D eigenvalue weighted by molar-refractivity contribution is 0.0659. The van der Waals surface area contributed by atoms with Gasteiger partial charge in [0.1, 0.15) is 5.75 Å². The predicted octanol–water partition coefficient (Wildman–Crippen LogP) is 2.98. The number of carbonyl (C=O) groups excluding carboxylic acids is 1. The van der Waals surface area contributed by atoms with Gasteiger partial charge in [0, 0.05) is 6.04 Å². The summed E-state index contributed by atoms with van der Waals surface area (Å²) in [4.78, 5) is 23.2. The van der Waals surface area contributed by atoms with Gasteiger partial charge in [-0.15, -0.1) is 0 Å². The van der Waals surface area contributed by atoms with Gasteiger partial charge in [0.05, 0.1) is 7.11 Å². The highest BCUT2D eigenvalue weighted by Crippen LogP contribution is 2.21. The van der Waals surface area contributed by atoms with E-state index in [-0.39, 0.29) is 23.5 Å². The SMILES string of the molecule is COc1ccccc1CC(NC(=O)c1ccc(C(=O)O)o1)C(C)C. The number of hydrogen-bond acceptors (Lipinski definition) is 4. The van der Waals surface area contributed by atoms with E-state index in [1.807, 2.05) is 38.1 Å². The number of hydrogen-bond donors (Lipinski definition) is 2. The average molecular weight is 331 g/mol. The number of para-hydroxylation sites is 1. The van der Waals surface area contributed by atoms with Crippen LogP contribution >= 0.6 is 0 Å². The maximum atomic E-state index is 12.3. The van der Waals surface area contributed by atoms with E-state index in [1.165, 1.54) is 12.1 Å². The third kappa shape index (κ3) is 4.16. The molecule has 0 aliphatic carbocycles. The van der Waals surface area contributed by atoms with Gasteiger partial charge in [-0.25, -0.2) is 4.79 Å². The molecule has 0 aliphatic rings. The molecule has 1 atom stereocenters. The van der Waals surface area contributed by atoms with Crippen molar-refractivity contribution >= 4 is 11.9 Å². The number of benzene rings is 1. The van der Waals surface area contributed by atoms with Crippen molar-refractivity contribution in [3.8, 4) is 5.75 Å². The molecule has 1 heterocycles. The Bertz CT molecular complexity index is 720. The number of nitrogens with one attached hydrogen (secondary N) is 1. The molecule has 0 saturated carbocycles. The Morgan fingerprint density at radius 2 is 1.83 bits per heavy atom. The van der Waals surface area contributed by atoms with Crippen LogP contribution in [0.15, 0.2) is 40.8 Å². The highest BCUT2D eigenvalue weighted by molar-refractivity contribution is 5.93. The molecule has 0 radical (unpaired) electrons. The minimum Gasteiger partial charge on any atom is -0.496 e. The molecule has 24 heavy (non-hydrogen) atoms. The third-order valence-electron chi connectivity index (χ3n) is 3.79. The average Bonchev–Trinajstić information content (AvgIpc) is 3.05. The van der Waals surface area contributed by atoms with Gasteiger partial charge in [0.25, 0.3) is 5.91 Å². The number of amides is 1. The van der Waals surface area contributed by atoms with E-state index in [9.17, 15) is 9.59 Å². The molecule has 1 aromatic carbocycles. The molecule has 0 bridgehead atoms. The Kier molecular flexibility index (Phi) is 5.63. The molecule has 1 unspecified atom stereocenters. The first kappa shape index (κ1) is 17.6. The first-order chi connectivity index (χ1) is 11.4. The Labute approximate surface area is 140 Å². The molecule has 128 valence electrons. The summed E-state index contributed by atoms with van der Waals surface area (Å²) in [5.74, 6) is -0.972. The molecule has 2 N–H and O–H groups in total. The second-order valence-electron chi connectivity index (χ2n) is 5.81. The van der Waals surface area contributed by atoms with E-state index in [0.717, 1.165) is 11.3 Å². The zero-order chi connectivity index (χ0) is 17.7. The topological polar surface area (TPSA) is 88.8 Å².